The fourth-order valence-electron chi connectivity index (χ4n) is 1.88. The number of hydrogen-bond donors (Lipinski definition) is 1. The van der Waals surface area contributed by atoms with Crippen LogP contribution in [-0.4, -0.2) is 6.54 Å². The van der Waals surface area contributed by atoms with Crippen molar-refractivity contribution in [2.24, 2.45) is 0 Å². The summed E-state index contributed by atoms with van der Waals surface area (Å²) in [6.07, 6.45) is 8.21. The van der Waals surface area contributed by atoms with Crippen molar-refractivity contribution in [1.82, 2.24) is 5.32 Å². The lowest BCUT2D eigenvalue weighted by Gasteiger charge is -2.11. The summed E-state index contributed by atoms with van der Waals surface area (Å²) in [7, 11) is 0. The van der Waals surface area contributed by atoms with Crippen LogP contribution < -0.4 is 5.32 Å². The van der Waals surface area contributed by atoms with Gasteiger partial charge < -0.3 is 5.32 Å². The summed E-state index contributed by atoms with van der Waals surface area (Å²) in [5.74, 6) is 0. The maximum atomic E-state index is 3.59. The molecule has 17 heavy (non-hydrogen) atoms. The van der Waals surface area contributed by atoms with E-state index in [0.717, 1.165) is 6.54 Å². The van der Waals surface area contributed by atoms with Gasteiger partial charge in [0.25, 0.3) is 0 Å². The smallest absolute Gasteiger partial charge is 0.0386 e. The molecule has 0 spiro atoms. The van der Waals surface area contributed by atoms with Crippen molar-refractivity contribution in [3.8, 4) is 0 Å². The first kappa shape index (κ1) is 15.2. The first-order valence-corrected chi connectivity index (χ1v) is 8.38. The van der Waals surface area contributed by atoms with Crippen molar-refractivity contribution < 1.29 is 0 Å². The zero-order valence-electron chi connectivity index (χ0n) is 11.0. The monoisotopic (exact) mass is 317 g/mol. The summed E-state index contributed by atoms with van der Waals surface area (Å²) in [5, 5.41) is 5.74. The Hall–Kier alpha value is 0.140. The van der Waals surface area contributed by atoms with Crippen LogP contribution in [-0.2, 0) is 0 Å². The second-order valence-electron chi connectivity index (χ2n) is 4.61. The van der Waals surface area contributed by atoms with Crippen LogP contribution in [0.25, 0.3) is 0 Å². The maximum Gasteiger partial charge on any atom is 0.0386 e. The van der Waals surface area contributed by atoms with Gasteiger partial charge in [0.1, 0.15) is 0 Å². The van der Waals surface area contributed by atoms with E-state index in [1.807, 2.05) is 11.3 Å². The van der Waals surface area contributed by atoms with E-state index >= 15 is 0 Å². The van der Waals surface area contributed by atoms with E-state index in [4.69, 9.17) is 0 Å². The zero-order valence-corrected chi connectivity index (χ0v) is 13.4. The molecule has 0 fully saturated rings. The highest BCUT2D eigenvalue weighted by Gasteiger charge is 2.06. The molecule has 1 aromatic rings. The van der Waals surface area contributed by atoms with Gasteiger partial charge in [-0.05, 0) is 41.9 Å². The maximum absolute atomic E-state index is 3.59. The molecule has 1 rings (SSSR count). The van der Waals surface area contributed by atoms with Crippen molar-refractivity contribution in [1.29, 1.82) is 0 Å². The molecule has 0 aliphatic heterocycles. The normalized spacial score (nSPS) is 12.9. The Labute approximate surface area is 118 Å². The third kappa shape index (κ3) is 6.58. The first-order valence-electron chi connectivity index (χ1n) is 6.71. The van der Waals surface area contributed by atoms with Crippen molar-refractivity contribution in [2.45, 2.75) is 58.4 Å². The molecule has 1 N–H and O–H groups in total. The number of thiophene rings is 1. The Bertz CT molecular complexity index is 298. The van der Waals surface area contributed by atoms with Crippen molar-refractivity contribution in [3.63, 3.8) is 0 Å². The average Bonchev–Trinajstić information content (AvgIpc) is 2.74. The molecule has 0 aliphatic rings. The van der Waals surface area contributed by atoms with E-state index in [1.165, 1.54) is 47.9 Å². The summed E-state index contributed by atoms with van der Waals surface area (Å²) in [6.45, 7) is 5.65. The minimum Gasteiger partial charge on any atom is -0.309 e. The van der Waals surface area contributed by atoms with E-state index in [1.54, 1.807) is 0 Å². The highest BCUT2D eigenvalue weighted by molar-refractivity contribution is 9.10. The van der Waals surface area contributed by atoms with E-state index in [-0.39, 0.29) is 0 Å². The average molecular weight is 318 g/mol. The molecule has 3 heteroatoms. The van der Waals surface area contributed by atoms with Gasteiger partial charge in [-0.3, -0.25) is 0 Å². The van der Waals surface area contributed by atoms with Gasteiger partial charge in [-0.15, -0.1) is 11.3 Å². The summed E-state index contributed by atoms with van der Waals surface area (Å²) in [6, 6.07) is 2.70. The fourth-order valence-corrected chi connectivity index (χ4v) is 3.36. The molecule has 0 aromatic carbocycles. The second kappa shape index (κ2) is 9.12. The van der Waals surface area contributed by atoms with Gasteiger partial charge in [-0.2, -0.15) is 0 Å². The Kier molecular flexibility index (Phi) is 8.15. The lowest BCUT2D eigenvalue weighted by Crippen LogP contribution is -2.18. The van der Waals surface area contributed by atoms with Gasteiger partial charge in [0.2, 0.25) is 0 Å². The summed E-state index contributed by atoms with van der Waals surface area (Å²) >= 11 is 5.32. The number of hydrogen-bond acceptors (Lipinski definition) is 2. The van der Waals surface area contributed by atoms with Crippen LogP contribution in [0.2, 0.25) is 0 Å². The van der Waals surface area contributed by atoms with Gasteiger partial charge in [0, 0.05) is 20.8 Å². The molecule has 1 unspecified atom stereocenters. The molecule has 1 atom stereocenters. The molecule has 1 heterocycles. The minimum absolute atomic E-state index is 0.488. The Balaban J connectivity index is 2.03. The molecule has 0 aliphatic carbocycles. The fraction of sp³-hybridized carbons (Fsp3) is 0.714. The van der Waals surface area contributed by atoms with Gasteiger partial charge in [-0.25, -0.2) is 0 Å². The summed E-state index contributed by atoms with van der Waals surface area (Å²) < 4.78 is 1.20. The van der Waals surface area contributed by atoms with Gasteiger partial charge in [0.15, 0.2) is 0 Å². The molecular formula is C14H24BrNS. The Morgan fingerprint density at radius 3 is 2.59 bits per heavy atom. The summed E-state index contributed by atoms with van der Waals surface area (Å²) in [5.41, 5.74) is 0. The molecule has 98 valence electrons. The van der Waals surface area contributed by atoms with Crippen LogP contribution in [0.3, 0.4) is 0 Å². The van der Waals surface area contributed by atoms with Crippen LogP contribution in [0.5, 0.6) is 0 Å². The summed E-state index contributed by atoms with van der Waals surface area (Å²) in [4.78, 5) is 1.42. The molecule has 0 saturated heterocycles. The number of halogens is 1. The molecule has 0 amide bonds. The highest BCUT2D eigenvalue weighted by Crippen LogP contribution is 2.25. The second-order valence-corrected chi connectivity index (χ2v) is 6.47. The predicted octanol–water partition coefficient (Wildman–Crippen LogP) is 5.52. The van der Waals surface area contributed by atoms with E-state index in [9.17, 15) is 0 Å². The number of unbranched alkanes of at least 4 members (excludes halogenated alkanes) is 5. The van der Waals surface area contributed by atoms with E-state index in [0.29, 0.717) is 6.04 Å². The molecule has 0 saturated carbocycles. The highest BCUT2D eigenvalue weighted by atomic mass is 79.9. The van der Waals surface area contributed by atoms with Crippen LogP contribution in [0, 0.1) is 0 Å². The molecule has 0 radical (unpaired) electrons. The Morgan fingerprint density at radius 2 is 1.94 bits per heavy atom. The van der Waals surface area contributed by atoms with Crippen molar-refractivity contribution >= 4 is 27.3 Å². The topological polar surface area (TPSA) is 12.0 Å². The molecular weight excluding hydrogens is 294 g/mol. The molecule has 1 aromatic heterocycles. The molecule has 1 nitrogen and oxygen atoms in total. The Morgan fingerprint density at radius 1 is 1.24 bits per heavy atom. The van der Waals surface area contributed by atoms with Gasteiger partial charge in [0.05, 0.1) is 0 Å². The van der Waals surface area contributed by atoms with E-state index in [2.05, 4.69) is 46.5 Å². The lowest BCUT2D eigenvalue weighted by molar-refractivity contribution is 0.531. The van der Waals surface area contributed by atoms with E-state index < -0.39 is 0 Å². The van der Waals surface area contributed by atoms with Crippen LogP contribution in [0.4, 0.5) is 0 Å². The first-order chi connectivity index (χ1) is 8.24. The van der Waals surface area contributed by atoms with Gasteiger partial charge >= 0.3 is 0 Å². The zero-order chi connectivity index (χ0) is 12.5. The third-order valence-corrected chi connectivity index (χ3v) is 4.87. The number of nitrogens with one attached hydrogen (secondary N) is 1. The number of rotatable bonds is 9. The largest absolute Gasteiger partial charge is 0.309 e. The van der Waals surface area contributed by atoms with Gasteiger partial charge in [-0.1, -0.05) is 39.0 Å². The van der Waals surface area contributed by atoms with Crippen molar-refractivity contribution in [3.05, 3.63) is 20.8 Å². The standard InChI is InChI=1S/C14H24BrNS/c1-3-4-5-6-7-8-9-16-12(2)14-10-13(15)11-17-14/h10-12,16H,3-9H2,1-2H3. The van der Waals surface area contributed by atoms with Crippen molar-refractivity contribution in [2.75, 3.05) is 6.54 Å². The third-order valence-electron chi connectivity index (χ3n) is 3.00. The minimum atomic E-state index is 0.488. The van der Waals surface area contributed by atoms with Crippen LogP contribution in [0.1, 0.15) is 63.3 Å². The molecule has 0 bridgehead atoms. The predicted molar refractivity (Wildman–Crippen MR) is 81.8 cm³/mol. The van der Waals surface area contributed by atoms with Crippen LogP contribution in [0.15, 0.2) is 15.9 Å². The SMILES string of the molecule is CCCCCCCCNC(C)c1cc(Br)cs1. The lowest BCUT2D eigenvalue weighted by atomic mass is 10.1. The quantitative estimate of drug-likeness (QED) is 0.591. The van der Waals surface area contributed by atoms with Crippen LogP contribution >= 0.6 is 27.3 Å².